The highest BCUT2D eigenvalue weighted by atomic mass is 19.4. The lowest BCUT2D eigenvalue weighted by molar-refractivity contribution is -0.275. The summed E-state index contributed by atoms with van der Waals surface area (Å²) in [7, 11) is 1.16. The number of phenols is 1. The van der Waals surface area contributed by atoms with Crippen LogP contribution in [0.4, 0.5) is 13.2 Å². The minimum atomic E-state index is -4.98. The Morgan fingerprint density at radius 3 is 2.32 bits per heavy atom. The molecule has 2 aromatic rings. The van der Waals surface area contributed by atoms with Crippen molar-refractivity contribution in [1.29, 1.82) is 0 Å². The number of halogens is 3. The molecular formula is C15H11F3O4. The number of carbonyl (C=O) groups excluding carboxylic acids is 1. The van der Waals surface area contributed by atoms with Gasteiger partial charge in [0.15, 0.2) is 17.8 Å². The summed E-state index contributed by atoms with van der Waals surface area (Å²) in [5, 5.41) is 9.82. The van der Waals surface area contributed by atoms with E-state index in [2.05, 4.69) is 4.74 Å². The van der Waals surface area contributed by atoms with Gasteiger partial charge in [0, 0.05) is 5.56 Å². The van der Waals surface area contributed by atoms with Crippen LogP contribution in [0, 0.1) is 0 Å². The average Bonchev–Trinajstić information content (AvgIpc) is 2.46. The van der Waals surface area contributed by atoms with E-state index in [1.165, 1.54) is 24.3 Å². The van der Waals surface area contributed by atoms with Gasteiger partial charge in [0.25, 0.3) is 0 Å². The van der Waals surface area contributed by atoms with Gasteiger partial charge in [-0.2, -0.15) is 0 Å². The van der Waals surface area contributed by atoms with Crippen LogP contribution in [0.1, 0.15) is 10.4 Å². The second-order valence-electron chi connectivity index (χ2n) is 4.24. The first-order valence-corrected chi connectivity index (χ1v) is 6.07. The number of phenolic OH excluding ortho intramolecular Hbond substituents is 1. The van der Waals surface area contributed by atoms with Crippen molar-refractivity contribution in [3.63, 3.8) is 0 Å². The third-order valence-corrected chi connectivity index (χ3v) is 2.91. The molecule has 7 heteroatoms. The maximum atomic E-state index is 12.5. The molecule has 22 heavy (non-hydrogen) atoms. The Hall–Kier alpha value is -2.70. The van der Waals surface area contributed by atoms with Gasteiger partial charge in [-0.15, -0.1) is 13.2 Å². The van der Waals surface area contributed by atoms with E-state index in [0.717, 1.165) is 7.11 Å². The fraction of sp³-hybridized carbons (Fsp3) is 0.133. The number of carbonyl (C=O) groups is 1. The van der Waals surface area contributed by atoms with Crippen molar-refractivity contribution in [3.05, 3.63) is 42.0 Å². The number of ether oxygens (including phenoxy) is 2. The van der Waals surface area contributed by atoms with E-state index in [-0.39, 0.29) is 34.5 Å². The Morgan fingerprint density at radius 1 is 1.09 bits per heavy atom. The summed E-state index contributed by atoms with van der Waals surface area (Å²) in [6.07, 6.45) is -4.76. The summed E-state index contributed by atoms with van der Waals surface area (Å²) < 4.78 is 46.4. The number of methoxy groups -OCH3 is 1. The monoisotopic (exact) mass is 312 g/mol. The van der Waals surface area contributed by atoms with Crippen molar-refractivity contribution in [2.24, 2.45) is 0 Å². The molecule has 0 fully saturated rings. The van der Waals surface area contributed by atoms with Crippen molar-refractivity contribution in [3.8, 4) is 28.4 Å². The molecule has 0 aromatic heterocycles. The van der Waals surface area contributed by atoms with Gasteiger partial charge in [-0.1, -0.05) is 18.2 Å². The molecule has 0 radical (unpaired) electrons. The van der Waals surface area contributed by atoms with Crippen LogP contribution >= 0.6 is 0 Å². The summed E-state index contributed by atoms with van der Waals surface area (Å²) in [5.74, 6) is -1.15. The Bertz CT molecular complexity index is 696. The minimum absolute atomic E-state index is 0.105. The number of rotatable bonds is 4. The zero-order valence-electron chi connectivity index (χ0n) is 11.3. The first-order valence-electron chi connectivity index (χ1n) is 6.07. The lowest BCUT2D eigenvalue weighted by Crippen LogP contribution is -2.19. The molecule has 0 aliphatic carbocycles. The summed E-state index contributed by atoms with van der Waals surface area (Å²) in [6.45, 7) is 0. The smallest absolute Gasteiger partial charge is 0.507 e. The number of alkyl halides is 3. The molecule has 0 saturated heterocycles. The third kappa shape index (κ3) is 3.13. The quantitative estimate of drug-likeness (QED) is 0.873. The molecule has 2 rings (SSSR count). The molecule has 0 bridgehead atoms. The van der Waals surface area contributed by atoms with Crippen molar-refractivity contribution >= 4 is 6.29 Å². The Labute approximate surface area is 123 Å². The van der Waals surface area contributed by atoms with Crippen molar-refractivity contribution in [2.45, 2.75) is 6.36 Å². The lowest BCUT2D eigenvalue weighted by atomic mass is 9.98. The maximum Gasteiger partial charge on any atom is 0.573 e. The van der Waals surface area contributed by atoms with Gasteiger partial charge in [-0.3, -0.25) is 4.79 Å². The van der Waals surface area contributed by atoms with Gasteiger partial charge in [0.1, 0.15) is 5.75 Å². The average molecular weight is 312 g/mol. The molecule has 0 aliphatic heterocycles. The van der Waals surface area contributed by atoms with Crippen LogP contribution in [-0.4, -0.2) is 24.9 Å². The predicted octanol–water partition coefficient (Wildman–Crippen LogP) is 3.78. The minimum Gasteiger partial charge on any atom is -0.507 e. The molecule has 4 nitrogen and oxygen atoms in total. The zero-order valence-corrected chi connectivity index (χ0v) is 11.3. The molecule has 0 unspecified atom stereocenters. The molecule has 0 spiro atoms. The first-order chi connectivity index (χ1) is 10.4. The first kappa shape index (κ1) is 15.7. The molecule has 0 atom stereocenters. The van der Waals surface area contributed by atoms with Gasteiger partial charge >= 0.3 is 6.36 Å². The third-order valence-electron chi connectivity index (χ3n) is 2.91. The molecule has 0 heterocycles. The van der Waals surface area contributed by atoms with Crippen molar-refractivity contribution in [2.75, 3.05) is 7.11 Å². The van der Waals surface area contributed by atoms with Gasteiger partial charge in [0.2, 0.25) is 0 Å². The molecule has 1 N–H and O–H groups in total. The number of benzene rings is 2. The highest BCUT2D eigenvalue weighted by molar-refractivity contribution is 5.93. The topological polar surface area (TPSA) is 55.8 Å². The number of hydrogen-bond donors (Lipinski definition) is 1. The Morgan fingerprint density at radius 2 is 1.77 bits per heavy atom. The fourth-order valence-electron chi connectivity index (χ4n) is 2.01. The van der Waals surface area contributed by atoms with E-state index >= 15 is 0 Å². The summed E-state index contributed by atoms with van der Waals surface area (Å²) >= 11 is 0. The predicted molar refractivity (Wildman–Crippen MR) is 72.2 cm³/mol. The fourth-order valence-corrected chi connectivity index (χ4v) is 2.01. The van der Waals surface area contributed by atoms with Crippen LogP contribution in [0.25, 0.3) is 11.1 Å². The number of hydrogen-bond acceptors (Lipinski definition) is 4. The van der Waals surface area contributed by atoms with Crippen LogP contribution in [0.2, 0.25) is 0 Å². The second-order valence-corrected chi connectivity index (χ2v) is 4.24. The van der Waals surface area contributed by atoms with E-state index < -0.39 is 12.1 Å². The summed E-state index contributed by atoms with van der Waals surface area (Å²) in [4.78, 5) is 11.3. The van der Waals surface area contributed by atoms with E-state index in [1.54, 1.807) is 12.1 Å². The Kier molecular flexibility index (Phi) is 4.25. The highest BCUT2D eigenvalue weighted by Crippen LogP contribution is 2.41. The van der Waals surface area contributed by atoms with E-state index in [0.29, 0.717) is 0 Å². The van der Waals surface area contributed by atoms with Crippen LogP contribution in [0.5, 0.6) is 17.2 Å². The normalized spacial score (nSPS) is 11.1. The molecule has 116 valence electrons. The van der Waals surface area contributed by atoms with E-state index in [4.69, 9.17) is 4.74 Å². The summed E-state index contributed by atoms with van der Waals surface area (Å²) in [6, 6.07) is 8.57. The van der Waals surface area contributed by atoms with Crippen molar-refractivity contribution < 1.29 is 32.5 Å². The van der Waals surface area contributed by atoms with Crippen molar-refractivity contribution in [1.82, 2.24) is 0 Å². The number of aromatic hydroxyl groups is 1. The van der Waals surface area contributed by atoms with Crippen LogP contribution in [0.15, 0.2) is 36.4 Å². The van der Waals surface area contributed by atoms with Crippen LogP contribution in [-0.2, 0) is 0 Å². The van der Waals surface area contributed by atoms with Gasteiger partial charge in [-0.05, 0) is 23.8 Å². The second kappa shape index (κ2) is 5.97. The Balaban J connectivity index is 2.70. The number of aldehydes is 1. The maximum absolute atomic E-state index is 12.5. The molecule has 0 aliphatic rings. The molecular weight excluding hydrogens is 301 g/mol. The van der Waals surface area contributed by atoms with Gasteiger partial charge < -0.3 is 14.6 Å². The van der Waals surface area contributed by atoms with Crippen LogP contribution in [0.3, 0.4) is 0 Å². The molecule has 0 saturated carbocycles. The highest BCUT2D eigenvalue weighted by Gasteiger charge is 2.34. The lowest BCUT2D eigenvalue weighted by Gasteiger charge is -2.17. The number of para-hydroxylation sites is 1. The van der Waals surface area contributed by atoms with Crippen LogP contribution < -0.4 is 9.47 Å². The standard InChI is InChI=1S/C15H11F3O4/c1-21-13-7-6-9(10-4-2-3-5-12(10)20)11(8-19)14(13)22-15(16,17)18/h2-8,20H,1H3. The zero-order chi connectivity index (χ0) is 16.3. The van der Waals surface area contributed by atoms with E-state index in [1.807, 2.05) is 0 Å². The molecule has 2 aromatic carbocycles. The largest absolute Gasteiger partial charge is 0.573 e. The van der Waals surface area contributed by atoms with Gasteiger partial charge in [0.05, 0.1) is 12.7 Å². The summed E-state index contributed by atoms with van der Waals surface area (Å²) in [5.41, 5.74) is -0.0504. The van der Waals surface area contributed by atoms with Gasteiger partial charge in [-0.25, -0.2) is 0 Å². The van der Waals surface area contributed by atoms with E-state index in [9.17, 15) is 23.1 Å². The SMILES string of the molecule is COc1ccc(-c2ccccc2O)c(C=O)c1OC(F)(F)F. The molecule has 0 amide bonds.